The molecule has 0 amide bonds. The number of hydrogen-bond acceptors (Lipinski definition) is 0. The topological polar surface area (TPSA) is 0 Å². The van der Waals surface area contributed by atoms with Crippen LogP contribution >= 0.6 is 9.90 Å². The van der Waals surface area contributed by atoms with Gasteiger partial charge < -0.3 is 0 Å². The minimum atomic E-state index is 0. The molecule has 0 bridgehead atoms. The van der Waals surface area contributed by atoms with Crippen LogP contribution in [0.25, 0.3) is 0 Å². The Morgan fingerprint density at radius 3 is 1.25 bits per heavy atom. The molecule has 0 aliphatic heterocycles. The summed E-state index contributed by atoms with van der Waals surface area (Å²) in [4.78, 5) is 0. The molecule has 0 aromatic heterocycles. The fraction of sp³-hybridized carbons (Fsp3) is 0. The van der Waals surface area contributed by atoms with Crippen LogP contribution in [-0.4, -0.2) is 52.2 Å². The molecule has 0 N–H and O–H groups in total. The van der Waals surface area contributed by atoms with Crippen LogP contribution < -0.4 is 0 Å². The fourth-order valence-corrected chi connectivity index (χ4v) is 0. The van der Waals surface area contributed by atoms with Gasteiger partial charge in [-0.1, -0.05) is 0 Å². The first kappa shape index (κ1) is 16.4. The zero-order valence-corrected chi connectivity index (χ0v) is 10.3. The van der Waals surface area contributed by atoms with Gasteiger partial charge in [0.05, 0.1) is 0 Å². The van der Waals surface area contributed by atoms with Crippen LogP contribution in [0.3, 0.4) is 0 Å². The quantitative estimate of drug-likeness (QED) is 0.315. The van der Waals surface area contributed by atoms with E-state index in [0.717, 1.165) is 0 Å². The van der Waals surface area contributed by atoms with Crippen molar-refractivity contribution in [3.05, 3.63) is 0 Å². The molecule has 0 spiro atoms. The van der Waals surface area contributed by atoms with Gasteiger partial charge in [-0.15, -0.1) is 0 Å². The molecular formula is H11GaInPSi. The van der Waals surface area contributed by atoms with E-state index in [-0.39, 0.29) is 35.7 Å². The van der Waals surface area contributed by atoms with Gasteiger partial charge in [0.15, 0.2) is 0 Å². The first-order chi connectivity index (χ1) is 1.00. The average molecular weight is 255 g/mol. The van der Waals surface area contributed by atoms with Crippen LogP contribution in [0.5, 0.6) is 0 Å². The van der Waals surface area contributed by atoms with Gasteiger partial charge in [-0.2, -0.15) is 9.90 Å². The van der Waals surface area contributed by atoms with Crippen LogP contribution in [0.15, 0.2) is 0 Å². The van der Waals surface area contributed by atoms with Gasteiger partial charge in [-0.05, 0) is 0 Å². The van der Waals surface area contributed by atoms with Crippen LogP contribution in [-0.2, 0) is 0 Å². The predicted octanol–water partition coefficient (Wildman–Crippen LogP) is -3.23. The molecule has 0 rings (SSSR count). The molecule has 0 aliphatic carbocycles. The van der Waals surface area contributed by atoms with Gasteiger partial charge >= 0.3 is 52.2 Å². The van der Waals surface area contributed by atoms with Gasteiger partial charge in [0.25, 0.3) is 0 Å². The van der Waals surface area contributed by atoms with Crippen molar-refractivity contribution in [2.75, 3.05) is 0 Å². The Hall–Kier alpha value is 2.15. The summed E-state index contributed by atoms with van der Waals surface area (Å²) < 4.78 is 0. The monoisotopic (exact) mass is 254 g/mol. The normalized spacial score (nSPS) is 2.00. The van der Waals surface area contributed by atoms with Crippen molar-refractivity contribution >= 4 is 62.1 Å². The zero-order chi connectivity index (χ0) is 2.00. The van der Waals surface area contributed by atoms with E-state index in [2.05, 4.69) is 0 Å². The van der Waals surface area contributed by atoms with Gasteiger partial charge in [0.2, 0.25) is 0 Å². The maximum absolute atomic E-state index is 1.49. The van der Waals surface area contributed by atoms with E-state index >= 15 is 0 Å². The molecule has 0 aromatic carbocycles. The van der Waals surface area contributed by atoms with Gasteiger partial charge in [0, 0.05) is 0 Å². The van der Waals surface area contributed by atoms with Gasteiger partial charge in [-0.25, -0.2) is 0 Å². The van der Waals surface area contributed by atoms with Crippen molar-refractivity contribution < 1.29 is 0 Å². The molecule has 1 unspecified atom stereocenters. The van der Waals surface area contributed by atoms with E-state index in [1.54, 1.807) is 0 Å². The van der Waals surface area contributed by atoms with E-state index in [4.69, 9.17) is 0 Å². The summed E-state index contributed by atoms with van der Waals surface area (Å²) >= 11 is 1.20. The van der Waals surface area contributed by atoms with Crippen molar-refractivity contribution in [2.24, 2.45) is 0 Å². The van der Waals surface area contributed by atoms with E-state index in [1.165, 1.54) is 26.3 Å². The maximum atomic E-state index is 1.49. The summed E-state index contributed by atoms with van der Waals surface area (Å²) in [6, 6.07) is 0. The van der Waals surface area contributed by atoms with Crippen LogP contribution in [0.4, 0.5) is 0 Å². The van der Waals surface area contributed by atoms with Gasteiger partial charge in [-0.3, -0.25) is 0 Å². The predicted molar refractivity (Wildman–Crippen MR) is 39.5 cm³/mol. The first-order valence-corrected chi connectivity index (χ1v) is 15.6. The van der Waals surface area contributed by atoms with Crippen molar-refractivity contribution in [2.45, 2.75) is 0 Å². The van der Waals surface area contributed by atoms with E-state index in [0.29, 0.717) is 0 Å². The zero-order valence-electron chi connectivity index (χ0n) is 2.71. The van der Waals surface area contributed by atoms with Crippen LogP contribution in [0.1, 0.15) is 0 Å². The summed E-state index contributed by atoms with van der Waals surface area (Å²) in [6.07, 6.45) is 0. The second kappa shape index (κ2) is 19.2. The molecule has 0 nitrogen and oxygen atoms in total. The molecule has 4 heavy (non-hydrogen) atoms. The molecule has 0 aliphatic rings. The Kier molecular flexibility index (Phi) is 78.8. The van der Waals surface area contributed by atoms with Crippen molar-refractivity contribution in [1.82, 2.24) is 0 Å². The molecule has 1 atom stereocenters. The molecule has 4 heteroatoms. The Bertz CT molecular complexity index is 8.00. The average Bonchev–Trinajstić information content (AvgIpc) is 1.00. The third-order valence-corrected chi connectivity index (χ3v) is 0. The van der Waals surface area contributed by atoms with E-state index in [9.17, 15) is 0 Å². The molecule has 0 radical (unpaired) electrons. The van der Waals surface area contributed by atoms with E-state index in [1.807, 2.05) is 0 Å². The number of hydrogen-bond donors (Lipinski definition) is 0. The van der Waals surface area contributed by atoms with Crippen LogP contribution in [0, 0.1) is 0 Å². The molecular weight excluding hydrogens is 244 g/mol. The molecule has 0 saturated carbocycles. The second-order valence-electron chi connectivity index (χ2n) is 0. The fourth-order valence-electron chi connectivity index (χ4n) is 0. The van der Waals surface area contributed by atoms with Crippen molar-refractivity contribution in [1.29, 1.82) is 0 Å². The Balaban J connectivity index is -0.00000000500. The Labute approximate surface area is 61.5 Å². The summed E-state index contributed by atoms with van der Waals surface area (Å²) in [5, 5.41) is 0. The number of rotatable bonds is 0. The summed E-state index contributed by atoms with van der Waals surface area (Å²) in [6.45, 7) is 0. The van der Waals surface area contributed by atoms with Crippen molar-refractivity contribution in [3.63, 3.8) is 0 Å². The summed E-state index contributed by atoms with van der Waals surface area (Å²) in [5.41, 5.74) is 0. The summed E-state index contributed by atoms with van der Waals surface area (Å²) in [7, 11) is 1.49. The standard InChI is InChI=1S/Ga.In.H3P.H3Si.5H/h;;2*1H3;;;;;. The Morgan fingerprint density at radius 1 is 1.25 bits per heavy atom. The third kappa shape index (κ3) is 8.91. The molecule has 0 fully saturated rings. The first-order valence-electron chi connectivity index (χ1n) is 1.00. The molecule has 0 heterocycles. The van der Waals surface area contributed by atoms with Crippen LogP contribution in [0.2, 0.25) is 0 Å². The molecule has 26 valence electrons. The molecule has 0 aromatic rings. The SMILES string of the molecule is P.[InH3].[SiH3][GaH2]. The summed E-state index contributed by atoms with van der Waals surface area (Å²) in [5.74, 6) is 0. The van der Waals surface area contributed by atoms with Gasteiger partial charge in [0.1, 0.15) is 0 Å². The third-order valence-electron chi connectivity index (χ3n) is 0. The minimum absolute atomic E-state index is 0. The Morgan fingerprint density at radius 2 is 1.25 bits per heavy atom. The molecule has 0 saturated heterocycles. The van der Waals surface area contributed by atoms with E-state index < -0.39 is 0 Å². The van der Waals surface area contributed by atoms with Crippen molar-refractivity contribution in [3.8, 4) is 0 Å². The second-order valence-corrected chi connectivity index (χ2v) is 0.